The molecule has 24 heavy (non-hydrogen) atoms. The maximum atomic E-state index is 12.3. The maximum Gasteiger partial charge on any atom is 0.317 e. The molecular weight excluding hydrogens is 308 g/mol. The van der Waals surface area contributed by atoms with Gasteiger partial charge in [-0.15, -0.1) is 0 Å². The van der Waals surface area contributed by atoms with Crippen LogP contribution in [0, 0.1) is 23.2 Å². The smallest absolute Gasteiger partial charge is 0.317 e. The first-order valence-electron chi connectivity index (χ1n) is 8.83. The Morgan fingerprint density at radius 2 is 2.08 bits per heavy atom. The molecule has 0 radical (unpaired) electrons. The first-order valence-corrected chi connectivity index (χ1v) is 8.83. The van der Waals surface area contributed by atoms with Crippen molar-refractivity contribution in [1.29, 1.82) is 5.26 Å². The van der Waals surface area contributed by atoms with Crippen LogP contribution in [0.5, 0.6) is 0 Å². The standard InChI is InChI=1S/C17H28N4O3/c1-24-10-9-20-7-2-8-21(13-16(20)22)17(23)19-12-15-5-3-14(11-18)4-6-15/h14-15H,2-10,12-13H2,1H3,(H,19,23). The number of rotatable bonds is 5. The molecule has 2 fully saturated rings. The van der Waals surface area contributed by atoms with E-state index in [0.717, 1.165) is 32.1 Å². The molecule has 0 aromatic carbocycles. The summed E-state index contributed by atoms with van der Waals surface area (Å²) in [6, 6.07) is 2.17. The van der Waals surface area contributed by atoms with Gasteiger partial charge in [-0.1, -0.05) is 0 Å². The van der Waals surface area contributed by atoms with Gasteiger partial charge >= 0.3 is 6.03 Å². The quantitative estimate of drug-likeness (QED) is 0.817. The van der Waals surface area contributed by atoms with E-state index in [0.29, 0.717) is 38.7 Å². The highest BCUT2D eigenvalue weighted by atomic mass is 16.5. The van der Waals surface area contributed by atoms with E-state index in [2.05, 4.69) is 11.4 Å². The number of methoxy groups -OCH3 is 1. The second-order valence-corrected chi connectivity index (χ2v) is 6.68. The van der Waals surface area contributed by atoms with E-state index in [1.165, 1.54) is 0 Å². The molecule has 0 aromatic rings. The van der Waals surface area contributed by atoms with Gasteiger partial charge < -0.3 is 19.9 Å². The van der Waals surface area contributed by atoms with Crippen LogP contribution in [0.3, 0.4) is 0 Å². The number of ether oxygens (including phenoxy) is 1. The van der Waals surface area contributed by atoms with Crippen molar-refractivity contribution in [2.24, 2.45) is 11.8 Å². The van der Waals surface area contributed by atoms with Gasteiger partial charge in [0, 0.05) is 39.2 Å². The molecule has 0 bridgehead atoms. The summed E-state index contributed by atoms with van der Waals surface area (Å²) in [5.74, 6) is 0.604. The molecule has 7 nitrogen and oxygen atoms in total. The fraction of sp³-hybridized carbons (Fsp3) is 0.824. The summed E-state index contributed by atoms with van der Waals surface area (Å²) in [6.45, 7) is 3.13. The van der Waals surface area contributed by atoms with E-state index < -0.39 is 0 Å². The molecule has 0 unspecified atom stereocenters. The Labute approximate surface area is 143 Å². The number of carbonyl (C=O) groups excluding carboxylic acids is 2. The van der Waals surface area contributed by atoms with Crippen LogP contribution in [-0.4, -0.2) is 68.2 Å². The van der Waals surface area contributed by atoms with Crippen molar-refractivity contribution in [3.05, 3.63) is 0 Å². The number of nitrogens with zero attached hydrogens (tertiary/aromatic N) is 3. The Kier molecular flexibility index (Phi) is 7.32. The van der Waals surface area contributed by atoms with Crippen molar-refractivity contribution in [2.45, 2.75) is 32.1 Å². The van der Waals surface area contributed by atoms with Crippen molar-refractivity contribution in [3.8, 4) is 6.07 Å². The predicted octanol–water partition coefficient (Wildman–Crippen LogP) is 1.21. The lowest BCUT2D eigenvalue weighted by Gasteiger charge is -2.26. The van der Waals surface area contributed by atoms with Gasteiger partial charge in [-0.2, -0.15) is 5.26 Å². The predicted molar refractivity (Wildman–Crippen MR) is 89.1 cm³/mol. The zero-order valence-electron chi connectivity index (χ0n) is 14.5. The van der Waals surface area contributed by atoms with Crippen LogP contribution in [0.1, 0.15) is 32.1 Å². The van der Waals surface area contributed by atoms with Crippen molar-refractivity contribution < 1.29 is 14.3 Å². The SMILES string of the molecule is COCCN1CCCN(C(=O)NCC2CCC(C#N)CC2)CC1=O. The molecule has 134 valence electrons. The maximum absolute atomic E-state index is 12.3. The number of hydrogen-bond acceptors (Lipinski definition) is 4. The van der Waals surface area contributed by atoms with Crippen molar-refractivity contribution >= 4 is 11.9 Å². The summed E-state index contributed by atoms with van der Waals surface area (Å²) in [6.07, 6.45) is 4.61. The number of carbonyl (C=O) groups is 2. The Morgan fingerprint density at radius 1 is 1.33 bits per heavy atom. The molecule has 3 amide bonds. The van der Waals surface area contributed by atoms with Crippen molar-refractivity contribution in [1.82, 2.24) is 15.1 Å². The second-order valence-electron chi connectivity index (χ2n) is 6.68. The van der Waals surface area contributed by atoms with E-state index in [1.54, 1.807) is 16.9 Å². The monoisotopic (exact) mass is 336 g/mol. The van der Waals surface area contributed by atoms with Gasteiger partial charge in [-0.3, -0.25) is 4.79 Å². The van der Waals surface area contributed by atoms with Gasteiger partial charge in [0.25, 0.3) is 0 Å². The van der Waals surface area contributed by atoms with Crippen LogP contribution >= 0.6 is 0 Å². The average molecular weight is 336 g/mol. The lowest BCUT2D eigenvalue weighted by Crippen LogP contribution is -2.45. The fourth-order valence-electron chi connectivity index (χ4n) is 3.37. The topological polar surface area (TPSA) is 85.7 Å². The number of nitriles is 1. The van der Waals surface area contributed by atoms with Crippen LogP contribution in [-0.2, 0) is 9.53 Å². The summed E-state index contributed by atoms with van der Waals surface area (Å²) >= 11 is 0. The minimum Gasteiger partial charge on any atom is -0.383 e. The van der Waals surface area contributed by atoms with Crippen molar-refractivity contribution in [3.63, 3.8) is 0 Å². The van der Waals surface area contributed by atoms with E-state index in [-0.39, 0.29) is 24.4 Å². The fourth-order valence-corrected chi connectivity index (χ4v) is 3.37. The third-order valence-electron chi connectivity index (χ3n) is 4.96. The molecule has 1 saturated carbocycles. The number of nitrogens with one attached hydrogen (secondary N) is 1. The van der Waals surface area contributed by atoms with E-state index in [4.69, 9.17) is 10.00 Å². The molecule has 1 N–H and O–H groups in total. The molecule has 7 heteroatoms. The highest BCUT2D eigenvalue weighted by molar-refractivity contribution is 5.84. The first-order chi connectivity index (χ1) is 11.6. The molecule has 1 saturated heterocycles. The number of urea groups is 1. The van der Waals surface area contributed by atoms with E-state index >= 15 is 0 Å². The highest BCUT2D eigenvalue weighted by Crippen LogP contribution is 2.27. The number of amides is 3. The molecule has 1 aliphatic carbocycles. The summed E-state index contributed by atoms with van der Waals surface area (Å²) in [4.78, 5) is 27.9. The Hall–Kier alpha value is -1.81. The molecule has 1 heterocycles. The third-order valence-corrected chi connectivity index (χ3v) is 4.96. The molecule has 0 atom stereocenters. The van der Waals surface area contributed by atoms with Gasteiger partial charge in [0.2, 0.25) is 5.91 Å². The highest BCUT2D eigenvalue weighted by Gasteiger charge is 2.26. The normalized spacial score (nSPS) is 25.1. The third kappa shape index (κ3) is 5.38. The van der Waals surface area contributed by atoms with Crippen molar-refractivity contribution in [2.75, 3.05) is 46.4 Å². The Bertz CT molecular complexity index is 469. The number of hydrogen-bond donors (Lipinski definition) is 1. The molecule has 2 rings (SSSR count). The van der Waals surface area contributed by atoms with Crippen LogP contribution in [0.25, 0.3) is 0 Å². The molecular formula is C17H28N4O3. The zero-order valence-corrected chi connectivity index (χ0v) is 14.5. The molecule has 0 aromatic heterocycles. The van der Waals surface area contributed by atoms with Gasteiger partial charge in [-0.25, -0.2) is 4.79 Å². The van der Waals surface area contributed by atoms with Crippen LogP contribution < -0.4 is 5.32 Å². The molecule has 1 aliphatic heterocycles. The van der Waals surface area contributed by atoms with Gasteiger partial charge in [0.05, 0.1) is 12.7 Å². The summed E-state index contributed by atoms with van der Waals surface area (Å²) in [7, 11) is 1.62. The lowest BCUT2D eigenvalue weighted by molar-refractivity contribution is -0.131. The van der Waals surface area contributed by atoms with Crippen LogP contribution in [0.4, 0.5) is 4.79 Å². The largest absolute Gasteiger partial charge is 0.383 e. The van der Waals surface area contributed by atoms with Crippen LogP contribution in [0.15, 0.2) is 0 Å². The summed E-state index contributed by atoms with van der Waals surface area (Å²) < 4.78 is 5.02. The second kappa shape index (κ2) is 9.48. The Balaban J connectivity index is 1.74. The minimum absolute atomic E-state index is 0.0192. The molecule has 0 spiro atoms. The van der Waals surface area contributed by atoms with Gasteiger partial charge in [-0.05, 0) is 38.0 Å². The average Bonchev–Trinajstić information content (AvgIpc) is 2.79. The van der Waals surface area contributed by atoms with E-state index in [1.807, 2.05) is 0 Å². The zero-order chi connectivity index (χ0) is 17.4. The van der Waals surface area contributed by atoms with E-state index in [9.17, 15) is 9.59 Å². The molecule has 2 aliphatic rings. The first kappa shape index (κ1) is 18.5. The summed E-state index contributed by atoms with van der Waals surface area (Å²) in [5, 5.41) is 11.9. The summed E-state index contributed by atoms with van der Waals surface area (Å²) in [5.41, 5.74) is 0. The van der Waals surface area contributed by atoms with Crippen LogP contribution in [0.2, 0.25) is 0 Å². The Morgan fingerprint density at radius 3 is 2.75 bits per heavy atom. The minimum atomic E-state index is -0.153. The lowest BCUT2D eigenvalue weighted by atomic mass is 9.83. The van der Waals surface area contributed by atoms with Gasteiger partial charge in [0.1, 0.15) is 6.54 Å². The van der Waals surface area contributed by atoms with Gasteiger partial charge in [0.15, 0.2) is 0 Å².